The van der Waals surface area contributed by atoms with E-state index in [9.17, 15) is 14.7 Å². The van der Waals surface area contributed by atoms with E-state index in [0.717, 1.165) is 0 Å². The number of carbonyl (C=O) groups excluding carboxylic acids is 2. The second-order valence-corrected chi connectivity index (χ2v) is 4.91. The molecule has 0 saturated carbocycles. The zero-order valence-corrected chi connectivity index (χ0v) is 11.8. The summed E-state index contributed by atoms with van der Waals surface area (Å²) in [4.78, 5) is 24.1. The average molecular weight is 312 g/mol. The summed E-state index contributed by atoms with van der Waals surface area (Å²) in [5.74, 6) is -1.56. The number of ketones is 1. The minimum atomic E-state index is -1.07. The molecule has 1 aliphatic heterocycles. The highest BCUT2D eigenvalue weighted by molar-refractivity contribution is 6.34. The Morgan fingerprint density at radius 3 is 2.61 bits per heavy atom. The summed E-state index contributed by atoms with van der Waals surface area (Å²) < 4.78 is 4.98. The number of phenols is 1. The Labute approximate surface area is 130 Å². The number of aromatic amines is 1. The number of hydrogen-bond acceptors (Lipinski definition) is 7. The lowest BCUT2D eigenvalue weighted by molar-refractivity contribution is -0.147. The molecule has 8 heteroatoms. The Hall–Kier alpha value is -3.29. The van der Waals surface area contributed by atoms with Gasteiger partial charge in [-0.15, -0.1) is 0 Å². The fourth-order valence-corrected chi connectivity index (χ4v) is 2.15. The number of rotatable bonds is 5. The number of hydrogen-bond donors (Lipinski definition) is 2. The normalized spacial score (nSPS) is 19.0. The standard InChI is InChI=1S/C15H12N4O4/c20-10-1-3-11(4-2-10)23-14(22)12(21)9-15(6-8-17-19-15)13-5-7-16-18-13/h1-8,20H,9H2,(H,16,18). The van der Waals surface area contributed by atoms with Gasteiger partial charge >= 0.3 is 5.97 Å². The van der Waals surface area contributed by atoms with Gasteiger partial charge < -0.3 is 9.84 Å². The van der Waals surface area contributed by atoms with E-state index in [2.05, 4.69) is 20.4 Å². The van der Waals surface area contributed by atoms with Crippen LogP contribution in [0.4, 0.5) is 0 Å². The molecule has 1 aliphatic rings. The molecule has 0 amide bonds. The lowest BCUT2D eigenvalue weighted by atomic mass is 9.90. The molecule has 0 aliphatic carbocycles. The molecule has 0 bridgehead atoms. The minimum absolute atomic E-state index is 0.0332. The van der Waals surface area contributed by atoms with Crippen molar-refractivity contribution in [2.75, 3.05) is 0 Å². The number of carbonyl (C=O) groups is 2. The molecule has 2 N–H and O–H groups in total. The molecule has 2 heterocycles. The van der Waals surface area contributed by atoms with Gasteiger partial charge in [-0.3, -0.25) is 9.89 Å². The van der Waals surface area contributed by atoms with E-state index in [1.54, 1.807) is 12.1 Å². The first-order valence-corrected chi connectivity index (χ1v) is 6.73. The van der Waals surface area contributed by atoms with Crippen LogP contribution in [0.25, 0.3) is 0 Å². The van der Waals surface area contributed by atoms with Crippen LogP contribution in [0, 0.1) is 0 Å². The largest absolute Gasteiger partial charge is 0.508 e. The zero-order valence-electron chi connectivity index (χ0n) is 11.8. The topological polar surface area (TPSA) is 117 Å². The van der Waals surface area contributed by atoms with E-state index >= 15 is 0 Å². The molecule has 1 aromatic heterocycles. The number of benzene rings is 1. The lowest BCUT2D eigenvalue weighted by Crippen LogP contribution is -2.30. The Bertz CT molecular complexity index is 766. The third kappa shape index (κ3) is 3.00. The highest BCUT2D eigenvalue weighted by atomic mass is 16.5. The Morgan fingerprint density at radius 1 is 1.22 bits per heavy atom. The van der Waals surface area contributed by atoms with Crippen molar-refractivity contribution in [1.29, 1.82) is 0 Å². The molecule has 0 radical (unpaired) electrons. The minimum Gasteiger partial charge on any atom is -0.508 e. The molecule has 3 rings (SSSR count). The first-order valence-electron chi connectivity index (χ1n) is 6.73. The molecule has 2 aromatic rings. The summed E-state index contributed by atoms with van der Waals surface area (Å²) in [7, 11) is 0. The molecular formula is C15H12N4O4. The van der Waals surface area contributed by atoms with Crippen LogP contribution in [0.15, 0.2) is 59.0 Å². The van der Waals surface area contributed by atoms with Gasteiger partial charge in [-0.25, -0.2) is 4.79 Å². The van der Waals surface area contributed by atoms with Crippen molar-refractivity contribution in [3.63, 3.8) is 0 Å². The number of phenolic OH excluding ortho intramolecular Hbond substituents is 1. The quantitative estimate of drug-likeness (QED) is 0.496. The van der Waals surface area contributed by atoms with Gasteiger partial charge in [-0.2, -0.15) is 15.3 Å². The molecule has 23 heavy (non-hydrogen) atoms. The van der Waals surface area contributed by atoms with Crippen molar-refractivity contribution in [2.24, 2.45) is 10.2 Å². The average Bonchev–Trinajstić information content (AvgIpc) is 3.21. The van der Waals surface area contributed by atoms with E-state index in [0.29, 0.717) is 5.69 Å². The summed E-state index contributed by atoms with van der Waals surface area (Å²) >= 11 is 0. The van der Waals surface area contributed by atoms with Gasteiger partial charge in [0.25, 0.3) is 0 Å². The predicted molar refractivity (Wildman–Crippen MR) is 77.6 cm³/mol. The maximum Gasteiger partial charge on any atom is 0.380 e. The fraction of sp³-hybridized carbons (Fsp3) is 0.133. The summed E-state index contributed by atoms with van der Waals surface area (Å²) in [6.45, 7) is 0. The van der Waals surface area contributed by atoms with Crippen molar-refractivity contribution >= 4 is 11.8 Å². The number of aromatic hydroxyl groups is 1. The van der Waals surface area contributed by atoms with Crippen LogP contribution in [0.1, 0.15) is 12.1 Å². The Kier molecular flexibility index (Phi) is 3.71. The van der Waals surface area contributed by atoms with Crippen LogP contribution in [-0.4, -0.2) is 27.1 Å². The number of nitrogens with one attached hydrogen (secondary N) is 1. The maximum atomic E-state index is 12.2. The highest BCUT2D eigenvalue weighted by Gasteiger charge is 2.38. The van der Waals surface area contributed by atoms with Crippen LogP contribution < -0.4 is 4.74 Å². The van der Waals surface area contributed by atoms with Gasteiger partial charge in [0.2, 0.25) is 5.78 Å². The summed E-state index contributed by atoms with van der Waals surface area (Å²) in [6, 6.07) is 7.15. The number of aromatic nitrogens is 2. The van der Waals surface area contributed by atoms with Gasteiger partial charge in [0.05, 0.1) is 12.1 Å². The first-order chi connectivity index (χ1) is 11.1. The third-order valence-electron chi connectivity index (χ3n) is 3.33. The second kappa shape index (κ2) is 5.84. The van der Waals surface area contributed by atoms with Crippen molar-refractivity contribution in [3.8, 4) is 11.5 Å². The zero-order chi connectivity index (χ0) is 16.3. The van der Waals surface area contributed by atoms with Crippen molar-refractivity contribution in [1.82, 2.24) is 10.2 Å². The number of H-pyrrole nitrogens is 1. The number of Topliss-reactive ketones (excluding diaryl/α,β-unsaturated/α-hetero) is 1. The predicted octanol–water partition coefficient (Wildman–Crippen LogP) is 1.85. The molecule has 116 valence electrons. The molecule has 0 saturated heterocycles. The van der Waals surface area contributed by atoms with Crippen molar-refractivity contribution in [3.05, 3.63) is 54.5 Å². The number of esters is 1. The van der Waals surface area contributed by atoms with Crippen LogP contribution in [0.5, 0.6) is 11.5 Å². The van der Waals surface area contributed by atoms with E-state index in [4.69, 9.17) is 4.74 Å². The fourth-order valence-electron chi connectivity index (χ4n) is 2.15. The smallest absolute Gasteiger partial charge is 0.380 e. The number of ether oxygens (including phenoxy) is 1. The maximum absolute atomic E-state index is 12.2. The number of nitrogens with zero attached hydrogens (tertiary/aromatic N) is 3. The molecule has 0 fully saturated rings. The molecular weight excluding hydrogens is 300 g/mol. The van der Waals surface area contributed by atoms with Gasteiger partial charge in [-0.05, 0) is 36.4 Å². The molecule has 1 aromatic carbocycles. The van der Waals surface area contributed by atoms with E-state index in [1.165, 1.54) is 36.7 Å². The van der Waals surface area contributed by atoms with E-state index < -0.39 is 17.3 Å². The summed E-state index contributed by atoms with van der Waals surface area (Å²) in [5, 5.41) is 23.5. The van der Waals surface area contributed by atoms with Crippen LogP contribution >= 0.6 is 0 Å². The monoisotopic (exact) mass is 312 g/mol. The Morgan fingerprint density at radius 2 is 2.00 bits per heavy atom. The SMILES string of the molecule is O=C(CC1(c2ccn[nH]2)C=CN=N1)C(=O)Oc1ccc(O)cc1. The van der Waals surface area contributed by atoms with Gasteiger partial charge in [0.1, 0.15) is 11.5 Å². The summed E-state index contributed by atoms with van der Waals surface area (Å²) in [6.07, 6.45) is 4.37. The molecule has 8 nitrogen and oxygen atoms in total. The number of azo groups is 1. The Balaban J connectivity index is 1.72. The van der Waals surface area contributed by atoms with Crippen molar-refractivity contribution in [2.45, 2.75) is 12.0 Å². The van der Waals surface area contributed by atoms with Crippen LogP contribution in [0.3, 0.4) is 0 Å². The molecule has 1 unspecified atom stereocenters. The highest BCUT2D eigenvalue weighted by Crippen LogP contribution is 2.34. The van der Waals surface area contributed by atoms with Gasteiger partial charge in [0, 0.05) is 12.4 Å². The van der Waals surface area contributed by atoms with Crippen LogP contribution in [0.2, 0.25) is 0 Å². The lowest BCUT2D eigenvalue weighted by Gasteiger charge is -2.19. The summed E-state index contributed by atoms with van der Waals surface area (Å²) in [5.41, 5.74) is -0.512. The van der Waals surface area contributed by atoms with E-state index in [-0.39, 0.29) is 17.9 Å². The van der Waals surface area contributed by atoms with Gasteiger partial charge in [-0.1, -0.05) is 0 Å². The first kappa shape index (κ1) is 14.6. The van der Waals surface area contributed by atoms with Gasteiger partial charge in [0.15, 0.2) is 5.54 Å². The molecule has 0 spiro atoms. The van der Waals surface area contributed by atoms with Crippen LogP contribution in [-0.2, 0) is 15.1 Å². The molecule has 1 atom stereocenters. The second-order valence-electron chi connectivity index (χ2n) is 4.91. The van der Waals surface area contributed by atoms with E-state index in [1.807, 2.05) is 0 Å². The third-order valence-corrected chi connectivity index (χ3v) is 3.33. The van der Waals surface area contributed by atoms with Crippen molar-refractivity contribution < 1.29 is 19.4 Å².